The van der Waals surface area contributed by atoms with Crippen LogP contribution in [0.5, 0.6) is 5.75 Å². The standard InChI is InChI=1S/C17H26FN3O2S.HI/c1-2-19-17(21-11-16-4-3-9-24-16)20-10-14(22)12-23-15-7-5-13(18)6-8-15;/h5-8,14,16,22H,2-4,9-12H2,1H3,(H2,19,20,21);1H. The van der Waals surface area contributed by atoms with E-state index >= 15 is 0 Å². The Kier molecular flexibility index (Phi) is 11.2. The average molecular weight is 483 g/mol. The van der Waals surface area contributed by atoms with Crippen LogP contribution in [0.3, 0.4) is 0 Å². The first-order valence-corrected chi connectivity index (χ1v) is 9.42. The highest BCUT2D eigenvalue weighted by molar-refractivity contribution is 14.0. The minimum atomic E-state index is -0.716. The molecule has 0 spiro atoms. The van der Waals surface area contributed by atoms with Crippen LogP contribution < -0.4 is 15.4 Å². The second kappa shape index (κ2) is 12.6. The van der Waals surface area contributed by atoms with Gasteiger partial charge >= 0.3 is 0 Å². The van der Waals surface area contributed by atoms with Gasteiger partial charge in [-0.2, -0.15) is 11.8 Å². The number of guanidine groups is 1. The summed E-state index contributed by atoms with van der Waals surface area (Å²) in [5.41, 5.74) is 0. The molecule has 2 atom stereocenters. The van der Waals surface area contributed by atoms with Gasteiger partial charge in [-0.15, -0.1) is 24.0 Å². The number of rotatable bonds is 8. The molecular weight excluding hydrogens is 456 g/mol. The molecule has 3 N–H and O–H groups in total. The zero-order valence-corrected chi connectivity index (χ0v) is 17.6. The molecule has 2 rings (SSSR count). The second-order valence-corrected chi connectivity index (χ2v) is 7.06. The van der Waals surface area contributed by atoms with E-state index in [2.05, 4.69) is 15.6 Å². The third-order valence-corrected chi connectivity index (χ3v) is 4.98. The number of aliphatic hydroxyl groups is 1. The molecule has 1 aromatic carbocycles. The summed E-state index contributed by atoms with van der Waals surface area (Å²) in [7, 11) is 0. The molecule has 1 fully saturated rings. The number of hydrogen-bond donors (Lipinski definition) is 3. The Balaban J connectivity index is 0.00000312. The van der Waals surface area contributed by atoms with Crippen molar-refractivity contribution >= 4 is 41.7 Å². The number of nitrogens with one attached hydrogen (secondary N) is 2. The highest BCUT2D eigenvalue weighted by atomic mass is 127. The first kappa shape index (κ1) is 22.3. The molecule has 8 heteroatoms. The lowest BCUT2D eigenvalue weighted by Gasteiger charge is -2.15. The maximum Gasteiger partial charge on any atom is 0.191 e. The van der Waals surface area contributed by atoms with Crippen LogP contribution >= 0.6 is 35.7 Å². The zero-order valence-electron chi connectivity index (χ0n) is 14.4. The van der Waals surface area contributed by atoms with E-state index in [1.807, 2.05) is 18.7 Å². The molecule has 0 aromatic heterocycles. The molecule has 142 valence electrons. The first-order valence-electron chi connectivity index (χ1n) is 8.37. The summed E-state index contributed by atoms with van der Waals surface area (Å²) in [5, 5.41) is 17.1. The fourth-order valence-electron chi connectivity index (χ4n) is 2.33. The van der Waals surface area contributed by atoms with E-state index in [1.165, 1.54) is 42.9 Å². The first-order chi connectivity index (χ1) is 11.7. The number of nitrogens with zero attached hydrogens (tertiary/aromatic N) is 1. The van der Waals surface area contributed by atoms with Gasteiger partial charge in [0.15, 0.2) is 5.96 Å². The average Bonchev–Trinajstić information content (AvgIpc) is 3.10. The van der Waals surface area contributed by atoms with Gasteiger partial charge in [0.05, 0.1) is 6.54 Å². The van der Waals surface area contributed by atoms with E-state index in [1.54, 1.807) is 0 Å². The van der Waals surface area contributed by atoms with E-state index in [-0.39, 0.29) is 42.9 Å². The van der Waals surface area contributed by atoms with Crippen LogP contribution in [0, 0.1) is 5.82 Å². The monoisotopic (exact) mass is 483 g/mol. The van der Waals surface area contributed by atoms with Crippen molar-refractivity contribution in [1.82, 2.24) is 10.6 Å². The van der Waals surface area contributed by atoms with Gasteiger partial charge in [-0.3, -0.25) is 4.99 Å². The van der Waals surface area contributed by atoms with Gasteiger partial charge in [0.25, 0.3) is 0 Å². The molecule has 0 bridgehead atoms. The molecule has 0 saturated carbocycles. The lowest BCUT2D eigenvalue weighted by Crippen LogP contribution is -2.40. The van der Waals surface area contributed by atoms with Crippen molar-refractivity contribution in [2.24, 2.45) is 4.99 Å². The van der Waals surface area contributed by atoms with Crippen LogP contribution in [0.25, 0.3) is 0 Å². The Morgan fingerprint density at radius 3 is 2.80 bits per heavy atom. The summed E-state index contributed by atoms with van der Waals surface area (Å²) in [4.78, 5) is 4.40. The Bertz CT molecular complexity index is 513. The maximum absolute atomic E-state index is 12.8. The van der Waals surface area contributed by atoms with Crippen molar-refractivity contribution in [2.75, 3.05) is 32.0 Å². The van der Waals surface area contributed by atoms with Gasteiger partial charge in [-0.05, 0) is 49.8 Å². The van der Waals surface area contributed by atoms with Crippen molar-refractivity contribution in [3.8, 4) is 5.75 Å². The largest absolute Gasteiger partial charge is 0.491 e. The van der Waals surface area contributed by atoms with Gasteiger partial charge in [-0.25, -0.2) is 4.39 Å². The molecule has 0 aliphatic carbocycles. The van der Waals surface area contributed by atoms with E-state index in [4.69, 9.17) is 4.74 Å². The molecule has 0 radical (unpaired) electrons. The van der Waals surface area contributed by atoms with E-state index in [0.717, 1.165) is 13.1 Å². The lowest BCUT2D eigenvalue weighted by molar-refractivity contribution is 0.114. The Morgan fingerprint density at radius 1 is 1.40 bits per heavy atom. The summed E-state index contributed by atoms with van der Waals surface area (Å²) < 4.78 is 18.2. The Morgan fingerprint density at radius 2 is 2.16 bits per heavy atom. The van der Waals surface area contributed by atoms with Gasteiger partial charge in [0.1, 0.15) is 24.3 Å². The van der Waals surface area contributed by atoms with Crippen molar-refractivity contribution in [1.29, 1.82) is 0 Å². The zero-order chi connectivity index (χ0) is 17.2. The molecule has 1 aromatic rings. The third-order valence-electron chi connectivity index (χ3n) is 3.58. The number of thioether (sulfide) groups is 1. The van der Waals surface area contributed by atoms with Gasteiger partial charge in [0, 0.05) is 18.3 Å². The fraction of sp³-hybridized carbons (Fsp3) is 0.588. The highest BCUT2D eigenvalue weighted by Crippen LogP contribution is 2.25. The maximum atomic E-state index is 12.8. The van der Waals surface area contributed by atoms with Gasteiger partial charge < -0.3 is 20.5 Å². The smallest absolute Gasteiger partial charge is 0.191 e. The minimum absolute atomic E-state index is 0. The number of hydrogen-bond acceptors (Lipinski definition) is 4. The summed E-state index contributed by atoms with van der Waals surface area (Å²) in [6.07, 6.45) is 1.81. The Labute approximate surface area is 170 Å². The van der Waals surface area contributed by atoms with E-state index < -0.39 is 6.10 Å². The van der Waals surface area contributed by atoms with Crippen LogP contribution in [-0.4, -0.2) is 54.4 Å². The van der Waals surface area contributed by atoms with E-state index in [9.17, 15) is 9.50 Å². The molecule has 25 heavy (non-hydrogen) atoms. The quantitative estimate of drug-likeness (QED) is 0.302. The topological polar surface area (TPSA) is 65.9 Å². The SMILES string of the molecule is CCNC(=NCC(O)COc1ccc(F)cc1)NCC1CCCS1.I. The van der Waals surface area contributed by atoms with Crippen molar-refractivity contribution in [2.45, 2.75) is 31.1 Å². The summed E-state index contributed by atoms with van der Waals surface area (Å²) in [6, 6.07) is 5.73. The van der Waals surface area contributed by atoms with Crippen molar-refractivity contribution in [3.63, 3.8) is 0 Å². The molecular formula is C17H27FIN3O2S. The van der Waals surface area contributed by atoms with Gasteiger partial charge in [-0.1, -0.05) is 0 Å². The molecule has 0 amide bonds. The van der Waals surface area contributed by atoms with Crippen LogP contribution in [0.15, 0.2) is 29.3 Å². The van der Waals surface area contributed by atoms with Crippen molar-refractivity contribution < 1.29 is 14.2 Å². The predicted octanol–water partition coefficient (Wildman–Crippen LogP) is 2.63. The number of ether oxygens (including phenoxy) is 1. The number of aliphatic imine (C=N–C) groups is 1. The number of benzene rings is 1. The van der Waals surface area contributed by atoms with Crippen LogP contribution in [0.4, 0.5) is 4.39 Å². The summed E-state index contributed by atoms with van der Waals surface area (Å²) >= 11 is 1.99. The Hall–Kier alpha value is -0.740. The molecule has 1 aliphatic heterocycles. The third kappa shape index (κ3) is 8.96. The molecule has 2 unspecified atom stereocenters. The lowest BCUT2D eigenvalue weighted by atomic mass is 10.2. The second-order valence-electron chi connectivity index (χ2n) is 5.65. The van der Waals surface area contributed by atoms with Crippen LogP contribution in [0.2, 0.25) is 0 Å². The summed E-state index contributed by atoms with van der Waals surface area (Å²) in [6.45, 7) is 4.03. The van der Waals surface area contributed by atoms with Crippen LogP contribution in [-0.2, 0) is 0 Å². The molecule has 5 nitrogen and oxygen atoms in total. The fourth-order valence-corrected chi connectivity index (χ4v) is 3.53. The van der Waals surface area contributed by atoms with E-state index in [0.29, 0.717) is 17.0 Å². The highest BCUT2D eigenvalue weighted by Gasteiger charge is 2.15. The molecule has 1 heterocycles. The predicted molar refractivity (Wildman–Crippen MR) is 113 cm³/mol. The van der Waals surface area contributed by atoms with Gasteiger partial charge in [0.2, 0.25) is 0 Å². The molecule has 1 aliphatic rings. The number of aliphatic hydroxyl groups excluding tert-OH is 1. The number of halogens is 2. The molecule has 1 saturated heterocycles. The summed E-state index contributed by atoms with van der Waals surface area (Å²) in [5.74, 6) is 2.17. The normalized spacial score (nSPS) is 18.4. The van der Waals surface area contributed by atoms with Crippen molar-refractivity contribution in [3.05, 3.63) is 30.1 Å². The minimum Gasteiger partial charge on any atom is -0.491 e. The van der Waals surface area contributed by atoms with Crippen LogP contribution in [0.1, 0.15) is 19.8 Å².